The smallest absolute Gasteiger partial charge is 0.259 e. The molecule has 6 nitrogen and oxygen atoms in total. The first-order valence-corrected chi connectivity index (χ1v) is 6.40. The molecule has 1 saturated heterocycles. The fourth-order valence-electron chi connectivity index (χ4n) is 1.95. The number of amides is 2. The summed E-state index contributed by atoms with van der Waals surface area (Å²) in [5.74, 6) is -0.374. The van der Waals surface area contributed by atoms with Gasteiger partial charge in [-0.05, 0) is 22.0 Å². The summed E-state index contributed by atoms with van der Waals surface area (Å²) >= 11 is 3.18. The number of piperazine rings is 1. The van der Waals surface area contributed by atoms with Crippen molar-refractivity contribution in [3.8, 4) is 0 Å². The number of nitrogens with one attached hydrogen (secondary N) is 2. The number of rotatable bonds is 2. The standard InChI is InChI=1S/C11H14BrN3O3/c1-13-10(16)8-6-14-3-4-15(8)11(17)7-2-5-18-9(7)12/h2,5,8,14H,3-4,6H2,1H3,(H,13,16). The van der Waals surface area contributed by atoms with Gasteiger partial charge in [0.25, 0.3) is 5.91 Å². The van der Waals surface area contributed by atoms with Gasteiger partial charge in [-0.2, -0.15) is 0 Å². The molecule has 0 saturated carbocycles. The number of hydrogen-bond acceptors (Lipinski definition) is 4. The molecule has 1 aliphatic rings. The Hall–Kier alpha value is -1.34. The number of nitrogens with zero attached hydrogens (tertiary/aromatic N) is 1. The molecule has 18 heavy (non-hydrogen) atoms. The zero-order valence-electron chi connectivity index (χ0n) is 9.90. The summed E-state index contributed by atoms with van der Waals surface area (Å²) in [4.78, 5) is 25.7. The van der Waals surface area contributed by atoms with Crippen LogP contribution in [-0.2, 0) is 4.79 Å². The largest absolute Gasteiger partial charge is 0.457 e. The summed E-state index contributed by atoms with van der Waals surface area (Å²) in [6.45, 7) is 1.63. The molecule has 2 N–H and O–H groups in total. The van der Waals surface area contributed by atoms with Gasteiger partial charge in [-0.15, -0.1) is 0 Å². The van der Waals surface area contributed by atoms with E-state index in [-0.39, 0.29) is 11.8 Å². The van der Waals surface area contributed by atoms with Gasteiger partial charge in [-0.1, -0.05) is 0 Å². The highest BCUT2D eigenvalue weighted by molar-refractivity contribution is 9.10. The van der Waals surface area contributed by atoms with Crippen LogP contribution in [0, 0.1) is 0 Å². The van der Waals surface area contributed by atoms with Crippen LogP contribution in [0.2, 0.25) is 0 Å². The fourth-order valence-corrected chi connectivity index (χ4v) is 2.36. The van der Waals surface area contributed by atoms with Crippen LogP contribution in [-0.4, -0.2) is 49.4 Å². The van der Waals surface area contributed by atoms with Gasteiger partial charge in [-0.3, -0.25) is 9.59 Å². The molecule has 7 heteroatoms. The number of halogens is 1. The monoisotopic (exact) mass is 315 g/mol. The molecule has 2 rings (SSSR count). The molecule has 1 fully saturated rings. The summed E-state index contributed by atoms with van der Waals surface area (Å²) in [5, 5.41) is 5.68. The van der Waals surface area contributed by atoms with E-state index in [9.17, 15) is 9.59 Å². The van der Waals surface area contributed by atoms with Crippen molar-refractivity contribution in [1.82, 2.24) is 15.5 Å². The second kappa shape index (κ2) is 5.53. The Labute approximate surface area is 113 Å². The van der Waals surface area contributed by atoms with Gasteiger partial charge < -0.3 is 20.0 Å². The van der Waals surface area contributed by atoms with Crippen LogP contribution in [0.25, 0.3) is 0 Å². The predicted molar refractivity (Wildman–Crippen MR) is 68.2 cm³/mol. The van der Waals surface area contributed by atoms with Gasteiger partial charge in [0.15, 0.2) is 4.67 Å². The molecule has 1 atom stereocenters. The second-order valence-corrected chi connectivity index (χ2v) is 4.66. The van der Waals surface area contributed by atoms with E-state index in [1.165, 1.54) is 6.26 Å². The Morgan fingerprint density at radius 2 is 2.39 bits per heavy atom. The summed E-state index contributed by atoms with van der Waals surface area (Å²) < 4.78 is 5.44. The van der Waals surface area contributed by atoms with Crippen molar-refractivity contribution >= 4 is 27.7 Å². The van der Waals surface area contributed by atoms with E-state index >= 15 is 0 Å². The van der Waals surface area contributed by atoms with Crippen molar-refractivity contribution < 1.29 is 14.0 Å². The van der Waals surface area contributed by atoms with Crippen LogP contribution >= 0.6 is 15.9 Å². The lowest BCUT2D eigenvalue weighted by atomic mass is 10.1. The zero-order chi connectivity index (χ0) is 13.1. The van der Waals surface area contributed by atoms with E-state index in [2.05, 4.69) is 26.6 Å². The number of hydrogen-bond donors (Lipinski definition) is 2. The van der Waals surface area contributed by atoms with E-state index in [0.29, 0.717) is 29.9 Å². The summed E-state index contributed by atoms with van der Waals surface area (Å²) in [6, 6.07) is 1.10. The number of likely N-dealkylation sites (N-methyl/N-ethyl adjacent to an activating group) is 1. The molecule has 98 valence electrons. The van der Waals surface area contributed by atoms with E-state index in [4.69, 9.17) is 4.42 Å². The first-order valence-electron chi connectivity index (χ1n) is 5.61. The maximum atomic E-state index is 12.3. The van der Waals surface area contributed by atoms with Gasteiger partial charge >= 0.3 is 0 Å². The van der Waals surface area contributed by atoms with E-state index < -0.39 is 6.04 Å². The zero-order valence-corrected chi connectivity index (χ0v) is 11.5. The Morgan fingerprint density at radius 1 is 1.61 bits per heavy atom. The molecule has 0 aliphatic carbocycles. The SMILES string of the molecule is CNC(=O)C1CNCCN1C(=O)c1ccoc1Br. The van der Waals surface area contributed by atoms with Crippen molar-refractivity contribution in [3.63, 3.8) is 0 Å². The van der Waals surface area contributed by atoms with Crippen LogP contribution < -0.4 is 10.6 Å². The van der Waals surface area contributed by atoms with E-state index in [1.54, 1.807) is 18.0 Å². The summed E-state index contributed by atoms with van der Waals surface area (Å²) in [7, 11) is 1.56. The van der Waals surface area contributed by atoms with Gasteiger partial charge in [0, 0.05) is 26.7 Å². The minimum absolute atomic E-state index is 0.171. The third kappa shape index (κ3) is 2.41. The topological polar surface area (TPSA) is 74.6 Å². The van der Waals surface area contributed by atoms with Crippen molar-refractivity contribution in [1.29, 1.82) is 0 Å². The highest BCUT2D eigenvalue weighted by atomic mass is 79.9. The average molecular weight is 316 g/mol. The van der Waals surface area contributed by atoms with Crippen molar-refractivity contribution in [3.05, 3.63) is 22.6 Å². The van der Waals surface area contributed by atoms with E-state index in [0.717, 1.165) is 0 Å². The third-order valence-electron chi connectivity index (χ3n) is 2.90. The van der Waals surface area contributed by atoms with Crippen molar-refractivity contribution in [2.45, 2.75) is 6.04 Å². The average Bonchev–Trinajstić information content (AvgIpc) is 2.83. The lowest BCUT2D eigenvalue weighted by molar-refractivity contribution is -0.125. The van der Waals surface area contributed by atoms with Crippen LogP contribution in [0.3, 0.4) is 0 Å². The summed E-state index contributed by atoms with van der Waals surface area (Å²) in [5.41, 5.74) is 0.436. The third-order valence-corrected chi connectivity index (χ3v) is 3.52. The maximum absolute atomic E-state index is 12.3. The molecule has 2 heterocycles. The minimum atomic E-state index is -0.488. The first kappa shape index (κ1) is 13.1. The molecule has 0 bridgehead atoms. The number of carbonyl (C=O) groups excluding carboxylic acids is 2. The lowest BCUT2D eigenvalue weighted by Crippen LogP contribution is -2.59. The molecule has 0 spiro atoms. The minimum Gasteiger partial charge on any atom is -0.457 e. The molecular weight excluding hydrogens is 302 g/mol. The van der Waals surface area contributed by atoms with Gasteiger partial charge in [-0.25, -0.2) is 0 Å². The van der Waals surface area contributed by atoms with Crippen LogP contribution in [0.1, 0.15) is 10.4 Å². The van der Waals surface area contributed by atoms with E-state index in [1.807, 2.05) is 0 Å². The molecule has 1 unspecified atom stereocenters. The Bertz CT molecular complexity index is 460. The molecule has 1 aromatic rings. The Kier molecular flexibility index (Phi) is 4.03. The van der Waals surface area contributed by atoms with Gasteiger partial charge in [0.1, 0.15) is 6.04 Å². The fraction of sp³-hybridized carbons (Fsp3) is 0.455. The van der Waals surface area contributed by atoms with Crippen molar-refractivity contribution in [2.24, 2.45) is 0 Å². The normalized spacial score (nSPS) is 19.7. The predicted octanol–water partition coefficient (Wildman–Crippen LogP) is 0.202. The number of furan rings is 1. The molecular formula is C11H14BrN3O3. The van der Waals surface area contributed by atoms with Gasteiger partial charge in [0.2, 0.25) is 5.91 Å². The molecule has 0 aromatic carbocycles. The maximum Gasteiger partial charge on any atom is 0.259 e. The van der Waals surface area contributed by atoms with Crippen molar-refractivity contribution in [2.75, 3.05) is 26.7 Å². The number of carbonyl (C=O) groups is 2. The first-order chi connectivity index (χ1) is 8.65. The molecule has 2 amide bonds. The lowest BCUT2D eigenvalue weighted by Gasteiger charge is -2.34. The second-order valence-electron chi connectivity index (χ2n) is 3.94. The molecule has 0 radical (unpaired) electrons. The van der Waals surface area contributed by atoms with Crippen LogP contribution in [0.5, 0.6) is 0 Å². The quantitative estimate of drug-likeness (QED) is 0.817. The van der Waals surface area contributed by atoms with Crippen LogP contribution in [0.15, 0.2) is 21.4 Å². The highest BCUT2D eigenvalue weighted by Crippen LogP contribution is 2.21. The van der Waals surface area contributed by atoms with Gasteiger partial charge in [0.05, 0.1) is 11.8 Å². The molecule has 1 aromatic heterocycles. The summed E-state index contributed by atoms with van der Waals surface area (Å²) in [6.07, 6.45) is 1.44. The Balaban J connectivity index is 2.21. The molecule has 1 aliphatic heterocycles. The van der Waals surface area contributed by atoms with Crippen LogP contribution in [0.4, 0.5) is 0 Å². The Morgan fingerprint density at radius 3 is 3.00 bits per heavy atom. The highest BCUT2D eigenvalue weighted by Gasteiger charge is 2.33.